The Hall–Kier alpha value is -4.69. The lowest BCUT2D eigenvalue weighted by Gasteiger charge is -2.15. The summed E-state index contributed by atoms with van der Waals surface area (Å²) in [4.78, 5) is 52.6. The molecule has 39 heavy (non-hydrogen) atoms. The summed E-state index contributed by atoms with van der Waals surface area (Å²) < 4.78 is 5.21. The molecule has 5 rings (SSSR count). The summed E-state index contributed by atoms with van der Waals surface area (Å²) in [7, 11) is 0. The van der Waals surface area contributed by atoms with Gasteiger partial charge in [0.15, 0.2) is 12.4 Å². The number of nitrogens with zero attached hydrogens (tertiary/aromatic N) is 1. The van der Waals surface area contributed by atoms with Gasteiger partial charge < -0.3 is 10.5 Å². The van der Waals surface area contributed by atoms with Crippen LogP contribution >= 0.6 is 11.8 Å². The number of imide groups is 1. The highest BCUT2D eigenvalue weighted by Gasteiger charge is 2.40. The standard InChI is InChI=1S/C31H24N2O5S/c32-24-7-4-8-26(17-24)39-28-18-29(35)33(30(28)36)25-15-13-23(14-16-25)31(37)38-19-27(34)22-11-9-21(10-12-22)20-5-2-1-3-6-20/h1-17,28H,18-19,32H2/t28-/m0/s1. The highest BCUT2D eigenvalue weighted by atomic mass is 32.2. The van der Waals surface area contributed by atoms with Gasteiger partial charge in [-0.3, -0.25) is 14.4 Å². The van der Waals surface area contributed by atoms with Gasteiger partial charge in [-0.1, -0.05) is 60.7 Å². The number of nitrogen functional groups attached to an aromatic ring is 1. The number of ether oxygens (including phenoxy) is 1. The molecule has 4 aromatic rings. The van der Waals surface area contributed by atoms with E-state index in [2.05, 4.69) is 0 Å². The maximum absolute atomic E-state index is 13.0. The van der Waals surface area contributed by atoms with Crippen LogP contribution in [0.4, 0.5) is 11.4 Å². The molecule has 1 aliphatic heterocycles. The number of nitrogens with two attached hydrogens (primary N) is 1. The summed E-state index contributed by atoms with van der Waals surface area (Å²) in [5.41, 5.74) is 9.43. The van der Waals surface area contributed by atoms with Crippen molar-refractivity contribution in [2.24, 2.45) is 0 Å². The van der Waals surface area contributed by atoms with E-state index in [-0.39, 0.29) is 29.6 Å². The summed E-state index contributed by atoms with van der Waals surface area (Å²) in [6.07, 6.45) is 0.0660. The molecule has 0 aliphatic carbocycles. The fraction of sp³-hybridized carbons (Fsp3) is 0.0968. The lowest BCUT2D eigenvalue weighted by atomic mass is 10.0. The van der Waals surface area contributed by atoms with Crippen LogP contribution in [0.5, 0.6) is 0 Å². The predicted octanol–water partition coefficient (Wildman–Crippen LogP) is 5.40. The average molecular weight is 537 g/mol. The van der Waals surface area contributed by atoms with Crippen molar-refractivity contribution < 1.29 is 23.9 Å². The topological polar surface area (TPSA) is 107 Å². The first-order valence-electron chi connectivity index (χ1n) is 12.2. The van der Waals surface area contributed by atoms with Crippen molar-refractivity contribution in [3.63, 3.8) is 0 Å². The van der Waals surface area contributed by atoms with Gasteiger partial charge in [-0.05, 0) is 53.6 Å². The molecule has 8 heteroatoms. The number of amides is 2. The Morgan fingerprint density at radius 2 is 1.49 bits per heavy atom. The van der Waals surface area contributed by atoms with E-state index in [0.29, 0.717) is 16.9 Å². The van der Waals surface area contributed by atoms with Gasteiger partial charge in [0.2, 0.25) is 11.8 Å². The number of esters is 1. The molecule has 1 atom stereocenters. The molecule has 0 unspecified atom stereocenters. The second-order valence-electron chi connectivity index (χ2n) is 8.94. The highest BCUT2D eigenvalue weighted by molar-refractivity contribution is 8.00. The van der Waals surface area contributed by atoms with Gasteiger partial charge in [0.25, 0.3) is 0 Å². The molecule has 4 aromatic carbocycles. The van der Waals surface area contributed by atoms with Crippen LogP contribution in [-0.2, 0) is 14.3 Å². The molecule has 1 saturated heterocycles. The minimum atomic E-state index is -0.676. The number of benzene rings is 4. The van der Waals surface area contributed by atoms with Gasteiger partial charge in [-0.2, -0.15) is 0 Å². The number of carbonyl (C=O) groups excluding carboxylic acids is 4. The second-order valence-corrected chi connectivity index (χ2v) is 10.2. The fourth-order valence-corrected chi connectivity index (χ4v) is 5.36. The average Bonchev–Trinajstić information content (AvgIpc) is 3.24. The molecule has 0 saturated carbocycles. The smallest absolute Gasteiger partial charge is 0.338 e. The van der Waals surface area contributed by atoms with Crippen molar-refractivity contribution in [3.8, 4) is 11.1 Å². The number of anilines is 2. The third-order valence-electron chi connectivity index (χ3n) is 6.25. The first-order valence-corrected chi connectivity index (χ1v) is 13.1. The molecule has 2 N–H and O–H groups in total. The molecular weight excluding hydrogens is 512 g/mol. The van der Waals surface area contributed by atoms with Crippen molar-refractivity contribution in [1.82, 2.24) is 0 Å². The minimum Gasteiger partial charge on any atom is -0.454 e. The Bertz CT molecular complexity index is 1540. The van der Waals surface area contributed by atoms with Crippen LogP contribution in [0.25, 0.3) is 11.1 Å². The van der Waals surface area contributed by atoms with Crippen LogP contribution < -0.4 is 10.6 Å². The Morgan fingerprint density at radius 1 is 0.821 bits per heavy atom. The summed E-state index contributed by atoms with van der Waals surface area (Å²) in [5.74, 6) is -1.64. The van der Waals surface area contributed by atoms with E-state index in [1.54, 1.807) is 30.3 Å². The molecule has 194 valence electrons. The van der Waals surface area contributed by atoms with E-state index in [0.717, 1.165) is 20.9 Å². The third-order valence-corrected chi connectivity index (χ3v) is 7.43. The first kappa shape index (κ1) is 25.9. The Morgan fingerprint density at radius 3 is 2.18 bits per heavy atom. The lowest BCUT2D eigenvalue weighted by Crippen LogP contribution is -2.31. The van der Waals surface area contributed by atoms with Crippen molar-refractivity contribution in [2.75, 3.05) is 17.2 Å². The van der Waals surface area contributed by atoms with Gasteiger partial charge in [0.1, 0.15) is 0 Å². The maximum Gasteiger partial charge on any atom is 0.338 e. The maximum atomic E-state index is 13.0. The quantitative estimate of drug-likeness (QED) is 0.139. The fourth-order valence-electron chi connectivity index (χ4n) is 4.24. The SMILES string of the molecule is Nc1cccc(S[C@H]2CC(=O)N(c3ccc(C(=O)OCC(=O)c4ccc(-c5ccccc5)cc4)cc3)C2=O)c1. The number of rotatable bonds is 8. The van der Waals surface area contributed by atoms with Crippen LogP contribution in [0.3, 0.4) is 0 Å². The summed E-state index contributed by atoms with van der Waals surface area (Å²) in [6, 6.07) is 30.0. The van der Waals surface area contributed by atoms with Gasteiger partial charge >= 0.3 is 5.97 Å². The second kappa shape index (κ2) is 11.4. The molecule has 0 bridgehead atoms. The molecule has 7 nitrogen and oxygen atoms in total. The van der Waals surface area contributed by atoms with E-state index in [1.165, 1.54) is 36.0 Å². The van der Waals surface area contributed by atoms with Crippen LogP contribution in [-0.4, -0.2) is 35.4 Å². The van der Waals surface area contributed by atoms with Gasteiger partial charge in [0.05, 0.1) is 16.5 Å². The van der Waals surface area contributed by atoms with Crippen LogP contribution in [0, 0.1) is 0 Å². The molecule has 1 heterocycles. The zero-order valence-electron chi connectivity index (χ0n) is 20.8. The number of thioether (sulfide) groups is 1. The zero-order valence-corrected chi connectivity index (χ0v) is 21.6. The predicted molar refractivity (Wildman–Crippen MR) is 151 cm³/mol. The molecule has 0 spiro atoms. The van der Waals surface area contributed by atoms with Crippen LogP contribution in [0.2, 0.25) is 0 Å². The van der Waals surface area contributed by atoms with E-state index < -0.39 is 17.8 Å². The van der Waals surface area contributed by atoms with Crippen molar-refractivity contribution >= 4 is 46.7 Å². The molecule has 1 aliphatic rings. The molecule has 0 aromatic heterocycles. The largest absolute Gasteiger partial charge is 0.454 e. The number of ketones is 1. The van der Waals surface area contributed by atoms with Gasteiger partial charge in [-0.25, -0.2) is 9.69 Å². The monoisotopic (exact) mass is 536 g/mol. The molecule has 1 fully saturated rings. The van der Waals surface area contributed by atoms with Crippen LogP contribution in [0.1, 0.15) is 27.1 Å². The van der Waals surface area contributed by atoms with E-state index in [1.807, 2.05) is 48.5 Å². The van der Waals surface area contributed by atoms with E-state index >= 15 is 0 Å². The zero-order chi connectivity index (χ0) is 27.4. The highest BCUT2D eigenvalue weighted by Crippen LogP contribution is 2.34. The van der Waals surface area contributed by atoms with Crippen molar-refractivity contribution in [1.29, 1.82) is 0 Å². The van der Waals surface area contributed by atoms with Crippen molar-refractivity contribution in [2.45, 2.75) is 16.6 Å². The number of Topliss-reactive ketones (excluding diaryl/α,β-unsaturated/α-hetero) is 1. The van der Waals surface area contributed by atoms with E-state index in [9.17, 15) is 19.2 Å². The van der Waals surface area contributed by atoms with Gasteiger partial charge in [0, 0.05) is 22.6 Å². The van der Waals surface area contributed by atoms with Crippen LogP contribution in [0.15, 0.2) is 108 Å². The number of carbonyl (C=O) groups is 4. The van der Waals surface area contributed by atoms with Crippen molar-refractivity contribution in [3.05, 3.63) is 114 Å². The first-order chi connectivity index (χ1) is 18.9. The summed E-state index contributed by atoms with van der Waals surface area (Å²) in [5, 5.41) is -0.559. The Kier molecular flexibility index (Phi) is 7.56. The third kappa shape index (κ3) is 5.91. The number of hydrogen-bond acceptors (Lipinski definition) is 7. The normalized spacial score (nSPS) is 14.9. The van der Waals surface area contributed by atoms with Gasteiger partial charge in [-0.15, -0.1) is 11.8 Å². The summed E-state index contributed by atoms with van der Waals surface area (Å²) in [6.45, 7) is -0.405. The molecule has 2 amide bonds. The summed E-state index contributed by atoms with van der Waals surface area (Å²) >= 11 is 1.29. The lowest BCUT2D eigenvalue weighted by molar-refractivity contribution is -0.121. The Balaban J connectivity index is 1.18. The van der Waals surface area contributed by atoms with E-state index in [4.69, 9.17) is 10.5 Å². The Labute approximate surface area is 229 Å². The number of hydrogen-bond donors (Lipinski definition) is 1. The minimum absolute atomic E-state index is 0.0660. The molecular formula is C31H24N2O5S. The molecule has 0 radical (unpaired) electrons.